The summed E-state index contributed by atoms with van der Waals surface area (Å²) in [6, 6.07) is 1.30. The summed E-state index contributed by atoms with van der Waals surface area (Å²) >= 11 is 0.950. The van der Waals surface area contributed by atoms with Gasteiger partial charge in [-0.05, 0) is 25.8 Å². The van der Waals surface area contributed by atoms with Crippen LogP contribution in [0.5, 0.6) is 0 Å². The molecule has 0 spiro atoms. The summed E-state index contributed by atoms with van der Waals surface area (Å²) in [5.41, 5.74) is 0.233. The van der Waals surface area contributed by atoms with Crippen LogP contribution in [-0.4, -0.2) is 19.9 Å². The lowest BCUT2D eigenvalue weighted by Gasteiger charge is -2.09. The first kappa shape index (κ1) is 11.9. The molecule has 0 saturated heterocycles. The topological polar surface area (TPSA) is 63.2 Å². The first-order valence-corrected chi connectivity index (χ1v) is 7.85. The Balaban J connectivity index is 2.16. The van der Waals surface area contributed by atoms with Crippen LogP contribution in [0.2, 0.25) is 0 Å². The summed E-state index contributed by atoms with van der Waals surface area (Å²) < 4.78 is 22.0. The Bertz CT molecular complexity index is 531. The molecule has 1 saturated carbocycles. The highest BCUT2D eigenvalue weighted by molar-refractivity contribution is 8.15. The average Bonchev–Trinajstić information content (AvgIpc) is 2.68. The molecule has 0 radical (unpaired) electrons. The fourth-order valence-corrected chi connectivity index (χ4v) is 3.17. The molecule has 1 amide bonds. The fraction of sp³-hybridized carbons (Fsp3) is 0.444. The maximum Gasteiger partial charge on any atom is 0.270 e. The average molecular weight is 280 g/mol. The maximum absolute atomic E-state index is 11.7. The van der Waals surface area contributed by atoms with Crippen molar-refractivity contribution in [3.05, 3.63) is 17.0 Å². The van der Waals surface area contributed by atoms with E-state index in [4.69, 9.17) is 10.7 Å². The number of carbonyl (C=O) groups is 1. The van der Waals surface area contributed by atoms with Gasteiger partial charge in [0.15, 0.2) is 0 Å². The highest BCUT2D eigenvalue weighted by atomic mass is 35.7. The van der Waals surface area contributed by atoms with Crippen molar-refractivity contribution >= 4 is 37.0 Å². The molecule has 1 N–H and O–H groups in total. The van der Waals surface area contributed by atoms with Crippen molar-refractivity contribution in [1.82, 2.24) is 5.32 Å². The molecule has 7 heteroatoms. The second-order valence-corrected chi connectivity index (χ2v) is 7.81. The standard InChI is InChI=1S/C9H10ClNO3S2/c1-9(2-3-9)11-8(12)6-4-7(15-5-6)16(10,13)14/h4-5H,2-3H2,1H3,(H,11,12). The second kappa shape index (κ2) is 3.72. The van der Waals surface area contributed by atoms with Crippen LogP contribution in [0.3, 0.4) is 0 Å². The number of carbonyl (C=O) groups excluding carboxylic acids is 1. The van der Waals surface area contributed by atoms with E-state index in [1.54, 1.807) is 0 Å². The normalized spacial score (nSPS) is 18.1. The van der Waals surface area contributed by atoms with Crippen molar-refractivity contribution in [3.63, 3.8) is 0 Å². The summed E-state index contributed by atoms with van der Waals surface area (Å²) in [6.45, 7) is 1.95. The molecule has 1 aliphatic rings. The number of nitrogens with one attached hydrogen (secondary N) is 1. The van der Waals surface area contributed by atoms with Gasteiger partial charge in [0, 0.05) is 21.6 Å². The molecular weight excluding hydrogens is 270 g/mol. The molecule has 1 aromatic rings. The zero-order chi connectivity index (χ0) is 12.0. The molecule has 88 valence electrons. The van der Waals surface area contributed by atoms with Gasteiger partial charge in [0.2, 0.25) is 0 Å². The highest BCUT2D eigenvalue weighted by Gasteiger charge is 2.39. The van der Waals surface area contributed by atoms with E-state index in [9.17, 15) is 13.2 Å². The SMILES string of the molecule is CC1(NC(=O)c2csc(S(=O)(=O)Cl)c2)CC1. The first-order chi connectivity index (χ1) is 7.30. The molecular formula is C9H10ClNO3S2. The predicted molar refractivity (Wildman–Crippen MR) is 62.5 cm³/mol. The van der Waals surface area contributed by atoms with Crippen molar-refractivity contribution in [2.24, 2.45) is 0 Å². The van der Waals surface area contributed by atoms with E-state index in [1.165, 1.54) is 11.4 Å². The van der Waals surface area contributed by atoms with E-state index in [0.717, 1.165) is 24.2 Å². The van der Waals surface area contributed by atoms with Gasteiger partial charge in [0.05, 0.1) is 5.56 Å². The largest absolute Gasteiger partial charge is 0.347 e. The lowest BCUT2D eigenvalue weighted by molar-refractivity contribution is 0.0936. The zero-order valence-electron chi connectivity index (χ0n) is 8.49. The van der Waals surface area contributed by atoms with E-state index in [2.05, 4.69) is 5.32 Å². The van der Waals surface area contributed by atoms with Gasteiger partial charge in [-0.25, -0.2) is 8.42 Å². The molecule has 0 atom stereocenters. The number of thiophene rings is 1. The third kappa shape index (κ3) is 2.56. The summed E-state index contributed by atoms with van der Waals surface area (Å²) in [7, 11) is 1.44. The monoisotopic (exact) mass is 279 g/mol. The molecule has 4 nitrogen and oxygen atoms in total. The van der Waals surface area contributed by atoms with Crippen LogP contribution in [-0.2, 0) is 9.05 Å². The number of hydrogen-bond acceptors (Lipinski definition) is 4. The van der Waals surface area contributed by atoms with Crippen molar-refractivity contribution in [2.45, 2.75) is 29.5 Å². The smallest absolute Gasteiger partial charge is 0.270 e. The second-order valence-electron chi connectivity index (χ2n) is 4.11. The molecule has 16 heavy (non-hydrogen) atoms. The zero-order valence-corrected chi connectivity index (χ0v) is 10.9. The Morgan fingerprint density at radius 3 is 2.62 bits per heavy atom. The Morgan fingerprint density at radius 2 is 2.19 bits per heavy atom. The van der Waals surface area contributed by atoms with Crippen molar-refractivity contribution in [2.75, 3.05) is 0 Å². The minimum atomic E-state index is -3.73. The van der Waals surface area contributed by atoms with E-state index in [1.807, 2.05) is 6.92 Å². The number of rotatable bonds is 3. The third-order valence-corrected chi connectivity index (χ3v) is 5.53. The predicted octanol–water partition coefficient (Wildman–Crippen LogP) is 1.96. The maximum atomic E-state index is 11.7. The van der Waals surface area contributed by atoms with Crippen LogP contribution in [0.15, 0.2) is 15.7 Å². The summed E-state index contributed by atoms with van der Waals surface area (Å²) in [4.78, 5) is 11.7. The van der Waals surface area contributed by atoms with Gasteiger partial charge in [-0.2, -0.15) is 0 Å². The van der Waals surface area contributed by atoms with E-state index in [0.29, 0.717) is 5.56 Å². The van der Waals surface area contributed by atoms with Gasteiger partial charge in [-0.15, -0.1) is 11.3 Å². The van der Waals surface area contributed by atoms with Crippen molar-refractivity contribution in [3.8, 4) is 0 Å². The van der Waals surface area contributed by atoms with Crippen LogP contribution in [0.4, 0.5) is 0 Å². The van der Waals surface area contributed by atoms with Gasteiger partial charge in [0.25, 0.3) is 15.0 Å². The minimum absolute atomic E-state index is 0.000247. The van der Waals surface area contributed by atoms with Crippen LogP contribution in [0.25, 0.3) is 0 Å². The number of halogens is 1. The van der Waals surface area contributed by atoms with Crippen molar-refractivity contribution in [1.29, 1.82) is 0 Å². The number of amides is 1. The van der Waals surface area contributed by atoms with Gasteiger partial charge < -0.3 is 5.32 Å². The molecule has 0 unspecified atom stereocenters. The summed E-state index contributed by atoms with van der Waals surface area (Å²) in [5, 5.41) is 4.34. The van der Waals surface area contributed by atoms with Gasteiger partial charge in [0.1, 0.15) is 4.21 Å². The quantitative estimate of drug-likeness (QED) is 0.860. The lowest BCUT2D eigenvalue weighted by atomic mass is 10.2. The molecule has 1 fully saturated rings. The van der Waals surface area contributed by atoms with Gasteiger partial charge >= 0.3 is 0 Å². The van der Waals surface area contributed by atoms with E-state index in [-0.39, 0.29) is 15.7 Å². The van der Waals surface area contributed by atoms with Gasteiger partial charge in [-0.3, -0.25) is 4.79 Å². The third-order valence-electron chi connectivity index (χ3n) is 2.49. The molecule has 1 aliphatic carbocycles. The highest BCUT2D eigenvalue weighted by Crippen LogP contribution is 2.35. The molecule has 0 aromatic carbocycles. The van der Waals surface area contributed by atoms with Crippen LogP contribution in [0, 0.1) is 0 Å². The summed E-state index contributed by atoms with van der Waals surface area (Å²) in [5.74, 6) is -0.247. The first-order valence-electron chi connectivity index (χ1n) is 4.66. The van der Waals surface area contributed by atoms with Crippen LogP contribution in [0.1, 0.15) is 30.1 Å². The molecule has 0 aliphatic heterocycles. The Labute approximate surface area is 102 Å². The van der Waals surface area contributed by atoms with E-state index >= 15 is 0 Å². The fourth-order valence-electron chi connectivity index (χ4n) is 1.22. The molecule has 2 rings (SSSR count). The van der Waals surface area contributed by atoms with Crippen LogP contribution < -0.4 is 5.32 Å². The Kier molecular flexibility index (Phi) is 2.76. The van der Waals surface area contributed by atoms with Crippen LogP contribution >= 0.6 is 22.0 Å². The molecule has 1 heterocycles. The lowest BCUT2D eigenvalue weighted by Crippen LogP contribution is -2.33. The molecule has 0 bridgehead atoms. The Morgan fingerprint density at radius 1 is 1.56 bits per heavy atom. The van der Waals surface area contributed by atoms with E-state index < -0.39 is 9.05 Å². The number of hydrogen-bond donors (Lipinski definition) is 1. The van der Waals surface area contributed by atoms with Gasteiger partial charge in [-0.1, -0.05) is 0 Å². The minimum Gasteiger partial charge on any atom is -0.347 e. The molecule has 1 aromatic heterocycles. The summed E-state index contributed by atoms with van der Waals surface area (Å²) in [6.07, 6.45) is 1.92. The van der Waals surface area contributed by atoms with Crippen molar-refractivity contribution < 1.29 is 13.2 Å². The Hall–Kier alpha value is -0.590.